The van der Waals surface area contributed by atoms with E-state index in [0.29, 0.717) is 4.47 Å². The molecule has 0 saturated carbocycles. The molecule has 0 atom stereocenters. The quantitative estimate of drug-likeness (QED) is 0.762. The first-order valence-electron chi connectivity index (χ1n) is 3.18. The van der Waals surface area contributed by atoms with E-state index in [9.17, 15) is 13.2 Å². The Labute approximate surface area is 86.1 Å². The van der Waals surface area contributed by atoms with Gasteiger partial charge >= 0.3 is 6.18 Å². The summed E-state index contributed by atoms with van der Waals surface area (Å²) < 4.78 is 36.9. The minimum Gasteiger partial charge on any atom is -0.297 e. The van der Waals surface area contributed by atoms with Gasteiger partial charge in [-0.05, 0) is 34.1 Å². The molecule has 0 radical (unpaired) electrons. The Morgan fingerprint density at radius 1 is 1.31 bits per heavy atom. The Morgan fingerprint density at radius 2 is 1.92 bits per heavy atom. The molecule has 0 aromatic heterocycles. The molecule has 1 N–H and O–H groups in total. The summed E-state index contributed by atoms with van der Waals surface area (Å²) >= 11 is 8.25. The average Bonchev–Trinajstić information content (AvgIpc) is 2.03. The fourth-order valence-corrected chi connectivity index (χ4v) is 1.39. The lowest BCUT2D eigenvalue weighted by Crippen LogP contribution is -2.04. The van der Waals surface area contributed by atoms with Crippen LogP contribution in [0.3, 0.4) is 0 Å². The van der Waals surface area contributed by atoms with Crippen molar-refractivity contribution in [3.8, 4) is 0 Å². The first kappa shape index (κ1) is 10.7. The highest BCUT2D eigenvalue weighted by atomic mass is 79.9. The number of halogens is 5. The Kier molecular flexibility index (Phi) is 3.08. The number of rotatable bonds is 1. The van der Waals surface area contributed by atoms with E-state index in [2.05, 4.69) is 20.8 Å². The average molecular weight is 274 g/mol. The van der Waals surface area contributed by atoms with Gasteiger partial charge in [-0.25, -0.2) is 0 Å². The predicted octanol–water partition coefficient (Wildman–Crippen LogP) is 4.03. The van der Waals surface area contributed by atoms with E-state index in [0.717, 1.165) is 12.1 Å². The predicted molar refractivity (Wildman–Crippen MR) is 48.6 cm³/mol. The van der Waals surface area contributed by atoms with Crippen molar-refractivity contribution in [2.75, 3.05) is 4.84 Å². The maximum atomic E-state index is 12.1. The molecule has 6 heteroatoms. The fourth-order valence-electron chi connectivity index (χ4n) is 0.774. The summed E-state index contributed by atoms with van der Waals surface area (Å²) in [5.41, 5.74) is -0.546. The number of anilines is 1. The molecule has 0 aliphatic carbocycles. The van der Waals surface area contributed by atoms with E-state index in [1.165, 1.54) is 6.07 Å². The smallest absolute Gasteiger partial charge is 0.297 e. The zero-order valence-corrected chi connectivity index (χ0v) is 8.46. The lowest BCUT2D eigenvalue weighted by molar-refractivity contribution is -0.137. The van der Waals surface area contributed by atoms with Crippen LogP contribution in [0.1, 0.15) is 5.56 Å². The van der Waals surface area contributed by atoms with Crippen LogP contribution in [0.25, 0.3) is 0 Å². The Morgan fingerprint density at radius 3 is 2.38 bits per heavy atom. The number of hydrogen-bond donors (Lipinski definition) is 1. The Balaban J connectivity index is 3.14. The summed E-state index contributed by atoms with van der Waals surface area (Å²) in [6.45, 7) is 0. The van der Waals surface area contributed by atoms with Gasteiger partial charge in [-0.15, -0.1) is 0 Å². The van der Waals surface area contributed by atoms with Crippen molar-refractivity contribution in [1.82, 2.24) is 0 Å². The molecule has 0 fully saturated rings. The molecule has 13 heavy (non-hydrogen) atoms. The fraction of sp³-hybridized carbons (Fsp3) is 0.143. The second-order valence-electron chi connectivity index (χ2n) is 2.29. The van der Waals surface area contributed by atoms with Crippen LogP contribution >= 0.6 is 27.7 Å². The van der Waals surface area contributed by atoms with Gasteiger partial charge < -0.3 is 0 Å². The summed E-state index contributed by atoms with van der Waals surface area (Å²) in [7, 11) is 0. The molecule has 1 nitrogen and oxygen atoms in total. The molecule has 0 unspecified atom stereocenters. The maximum Gasteiger partial charge on any atom is 0.416 e. The van der Waals surface area contributed by atoms with Crippen molar-refractivity contribution in [1.29, 1.82) is 0 Å². The molecule has 1 aromatic rings. The van der Waals surface area contributed by atoms with E-state index >= 15 is 0 Å². The number of benzene rings is 1. The molecule has 1 rings (SSSR count). The molecular weight excluding hydrogens is 270 g/mol. The first-order chi connectivity index (χ1) is 5.95. The first-order valence-corrected chi connectivity index (χ1v) is 4.35. The highest BCUT2D eigenvalue weighted by Gasteiger charge is 2.30. The summed E-state index contributed by atoms with van der Waals surface area (Å²) in [6.07, 6.45) is -4.34. The molecule has 72 valence electrons. The molecule has 0 spiro atoms. The summed E-state index contributed by atoms with van der Waals surface area (Å²) in [4.78, 5) is 2.13. The standard InChI is InChI=1S/C7H4BrClF3N/c8-5-2-1-4(7(10,11)12)3-6(5)13-9/h1-3,13H. The van der Waals surface area contributed by atoms with Gasteiger partial charge in [-0.1, -0.05) is 0 Å². The third-order valence-corrected chi connectivity index (χ3v) is 2.29. The zero-order valence-electron chi connectivity index (χ0n) is 6.12. The Bertz CT molecular complexity index is 313. The minimum absolute atomic E-state index is 0.191. The molecule has 0 aliphatic heterocycles. The zero-order chi connectivity index (χ0) is 10.1. The van der Waals surface area contributed by atoms with E-state index in [1.54, 1.807) is 0 Å². The molecule has 0 saturated heterocycles. The summed E-state index contributed by atoms with van der Waals surface area (Å²) in [5, 5.41) is 0. The van der Waals surface area contributed by atoms with Gasteiger partial charge in [0.05, 0.1) is 11.3 Å². The van der Waals surface area contributed by atoms with Gasteiger partial charge in [0, 0.05) is 16.2 Å². The van der Waals surface area contributed by atoms with Crippen LogP contribution in [0.2, 0.25) is 0 Å². The second kappa shape index (κ2) is 3.75. The van der Waals surface area contributed by atoms with Crippen LogP contribution in [-0.4, -0.2) is 0 Å². The number of alkyl halides is 3. The van der Waals surface area contributed by atoms with Crippen molar-refractivity contribution >= 4 is 33.4 Å². The van der Waals surface area contributed by atoms with Crippen molar-refractivity contribution < 1.29 is 13.2 Å². The van der Waals surface area contributed by atoms with Crippen LogP contribution in [0.5, 0.6) is 0 Å². The highest BCUT2D eigenvalue weighted by Crippen LogP contribution is 2.33. The second-order valence-corrected chi connectivity index (χ2v) is 3.33. The lowest BCUT2D eigenvalue weighted by atomic mass is 10.2. The minimum atomic E-state index is -4.34. The largest absolute Gasteiger partial charge is 0.416 e. The molecular formula is C7H4BrClF3N. The Hall–Kier alpha value is -0.420. The van der Waals surface area contributed by atoms with Gasteiger partial charge in [0.15, 0.2) is 0 Å². The maximum absolute atomic E-state index is 12.1. The van der Waals surface area contributed by atoms with Crippen molar-refractivity contribution in [2.45, 2.75) is 6.18 Å². The van der Waals surface area contributed by atoms with Crippen LogP contribution in [0, 0.1) is 0 Å². The van der Waals surface area contributed by atoms with E-state index in [4.69, 9.17) is 11.8 Å². The van der Waals surface area contributed by atoms with Crippen LogP contribution in [0.15, 0.2) is 22.7 Å². The van der Waals surface area contributed by atoms with Gasteiger partial charge in [-0.3, -0.25) is 4.84 Å². The van der Waals surface area contributed by atoms with Gasteiger partial charge in [0.2, 0.25) is 0 Å². The SMILES string of the molecule is FC(F)(F)c1ccc(Br)c(NCl)c1. The molecule has 0 amide bonds. The summed E-state index contributed by atoms with van der Waals surface area (Å²) in [6, 6.07) is 3.19. The van der Waals surface area contributed by atoms with Gasteiger partial charge in [-0.2, -0.15) is 13.2 Å². The van der Waals surface area contributed by atoms with Crippen molar-refractivity contribution in [3.05, 3.63) is 28.2 Å². The molecule has 1 aromatic carbocycles. The highest BCUT2D eigenvalue weighted by molar-refractivity contribution is 9.10. The molecule has 0 heterocycles. The molecule has 0 bridgehead atoms. The van der Waals surface area contributed by atoms with Crippen LogP contribution in [-0.2, 0) is 6.18 Å². The lowest BCUT2D eigenvalue weighted by Gasteiger charge is -2.08. The normalized spacial score (nSPS) is 11.5. The van der Waals surface area contributed by atoms with Gasteiger partial charge in [0.25, 0.3) is 0 Å². The van der Waals surface area contributed by atoms with E-state index in [1.807, 2.05) is 0 Å². The molecule has 0 aliphatic rings. The monoisotopic (exact) mass is 273 g/mol. The topological polar surface area (TPSA) is 12.0 Å². The van der Waals surface area contributed by atoms with Crippen LogP contribution < -0.4 is 4.84 Å². The number of hydrogen-bond acceptors (Lipinski definition) is 1. The van der Waals surface area contributed by atoms with Crippen molar-refractivity contribution in [3.63, 3.8) is 0 Å². The number of nitrogens with one attached hydrogen (secondary N) is 1. The van der Waals surface area contributed by atoms with Gasteiger partial charge in [0.1, 0.15) is 0 Å². The van der Waals surface area contributed by atoms with E-state index < -0.39 is 11.7 Å². The van der Waals surface area contributed by atoms with Crippen molar-refractivity contribution in [2.24, 2.45) is 0 Å². The van der Waals surface area contributed by atoms with E-state index in [-0.39, 0.29) is 5.69 Å². The third-order valence-electron chi connectivity index (χ3n) is 1.40. The van der Waals surface area contributed by atoms with Crippen LogP contribution in [0.4, 0.5) is 18.9 Å². The summed E-state index contributed by atoms with van der Waals surface area (Å²) in [5.74, 6) is 0. The third kappa shape index (κ3) is 2.51.